The van der Waals surface area contributed by atoms with Crippen LogP contribution in [0.15, 0.2) is 42.5 Å². The van der Waals surface area contributed by atoms with Crippen molar-refractivity contribution in [3.05, 3.63) is 58.1 Å². The number of anilines is 1. The first-order valence-corrected chi connectivity index (χ1v) is 7.51. The van der Waals surface area contributed by atoms with Crippen LogP contribution in [0.1, 0.15) is 5.56 Å². The summed E-state index contributed by atoms with van der Waals surface area (Å²) in [6.07, 6.45) is 0. The van der Waals surface area contributed by atoms with E-state index in [1.165, 1.54) is 4.31 Å². The monoisotopic (exact) mass is 356 g/mol. The minimum atomic E-state index is -0.363. The van der Waals surface area contributed by atoms with Gasteiger partial charge in [-0.2, -0.15) is 0 Å². The maximum absolute atomic E-state index is 12.1. The highest BCUT2D eigenvalue weighted by molar-refractivity contribution is 7.82. The first-order valence-electron chi connectivity index (χ1n) is 6.36. The molecular weight excluding hydrogens is 343 g/mol. The van der Waals surface area contributed by atoms with Crippen LogP contribution >= 0.6 is 36.0 Å². The fraction of sp³-hybridized carbons (Fsp3) is 0.133. The molecule has 0 heterocycles. The number of thiol groups is 1. The molecule has 0 fully saturated rings. The van der Waals surface area contributed by atoms with E-state index < -0.39 is 0 Å². The standard InChI is InChI=1S/C15H14Cl2N2O2S/c1-21-12-5-2-10(3-6-12)9-18-15(20)19(22)11-4-7-13(16)14(17)8-11/h2-8,22H,9H2,1H3,(H,18,20). The summed E-state index contributed by atoms with van der Waals surface area (Å²) in [5.41, 5.74) is 1.48. The van der Waals surface area contributed by atoms with Crippen molar-refractivity contribution in [2.75, 3.05) is 11.4 Å². The minimum Gasteiger partial charge on any atom is -0.497 e. The molecule has 0 aliphatic heterocycles. The molecule has 0 aliphatic carbocycles. The number of urea groups is 1. The molecule has 0 saturated heterocycles. The van der Waals surface area contributed by atoms with Gasteiger partial charge in [-0.25, -0.2) is 9.10 Å². The van der Waals surface area contributed by atoms with Crippen molar-refractivity contribution in [2.24, 2.45) is 0 Å². The van der Waals surface area contributed by atoms with Crippen LogP contribution in [0.4, 0.5) is 10.5 Å². The van der Waals surface area contributed by atoms with Crippen LogP contribution in [0, 0.1) is 0 Å². The Balaban J connectivity index is 1.97. The zero-order valence-electron chi connectivity index (χ0n) is 11.7. The summed E-state index contributed by atoms with van der Waals surface area (Å²) in [5, 5.41) is 3.55. The first-order chi connectivity index (χ1) is 10.5. The Morgan fingerprint density at radius 3 is 2.45 bits per heavy atom. The Hall–Kier alpha value is -1.56. The third kappa shape index (κ3) is 4.22. The molecule has 2 aromatic rings. The molecule has 0 radical (unpaired) electrons. The highest BCUT2D eigenvalue weighted by Gasteiger charge is 2.13. The summed E-state index contributed by atoms with van der Waals surface area (Å²) < 4.78 is 6.25. The molecule has 0 unspecified atom stereocenters. The largest absolute Gasteiger partial charge is 0.497 e. The highest BCUT2D eigenvalue weighted by Crippen LogP contribution is 2.28. The lowest BCUT2D eigenvalue weighted by molar-refractivity contribution is 0.249. The lowest BCUT2D eigenvalue weighted by Crippen LogP contribution is -2.33. The van der Waals surface area contributed by atoms with Crippen molar-refractivity contribution in [3.63, 3.8) is 0 Å². The van der Waals surface area contributed by atoms with Gasteiger partial charge in [-0.3, -0.25) is 0 Å². The normalized spacial score (nSPS) is 10.2. The molecule has 2 rings (SSSR count). The molecule has 0 aliphatic rings. The zero-order valence-corrected chi connectivity index (χ0v) is 14.1. The number of carbonyl (C=O) groups excluding carboxylic acids is 1. The summed E-state index contributed by atoms with van der Waals surface area (Å²) in [4.78, 5) is 12.1. The Bertz CT molecular complexity index is 665. The zero-order chi connectivity index (χ0) is 16.1. The smallest absolute Gasteiger partial charge is 0.332 e. The summed E-state index contributed by atoms with van der Waals surface area (Å²) in [6.45, 7) is 0.376. The van der Waals surface area contributed by atoms with Crippen molar-refractivity contribution < 1.29 is 9.53 Å². The van der Waals surface area contributed by atoms with E-state index in [1.54, 1.807) is 25.3 Å². The number of rotatable bonds is 4. The van der Waals surface area contributed by atoms with E-state index in [4.69, 9.17) is 27.9 Å². The molecule has 2 amide bonds. The van der Waals surface area contributed by atoms with Gasteiger partial charge in [-0.1, -0.05) is 48.1 Å². The van der Waals surface area contributed by atoms with E-state index in [0.29, 0.717) is 22.3 Å². The molecule has 7 heteroatoms. The van der Waals surface area contributed by atoms with Gasteiger partial charge in [0.15, 0.2) is 0 Å². The number of ether oxygens (including phenoxy) is 1. The second kappa shape index (κ2) is 7.63. The Morgan fingerprint density at radius 2 is 1.86 bits per heavy atom. The Kier molecular flexibility index (Phi) is 5.83. The Labute approximate surface area is 144 Å². The number of hydrogen-bond donors (Lipinski definition) is 2. The fourth-order valence-electron chi connectivity index (χ4n) is 1.73. The molecule has 22 heavy (non-hydrogen) atoms. The number of amides is 2. The predicted octanol–water partition coefficient (Wildman–Crippen LogP) is 4.56. The molecule has 2 aromatic carbocycles. The van der Waals surface area contributed by atoms with E-state index in [1.807, 2.05) is 24.3 Å². The number of methoxy groups -OCH3 is 1. The summed E-state index contributed by atoms with van der Waals surface area (Å²) in [5.74, 6) is 0.765. The van der Waals surface area contributed by atoms with Crippen LogP contribution in [0.3, 0.4) is 0 Å². The van der Waals surface area contributed by atoms with Crippen molar-refractivity contribution in [1.82, 2.24) is 5.32 Å². The number of nitrogens with zero attached hydrogens (tertiary/aromatic N) is 1. The van der Waals surface area contributed by atoms with Gasteiger partial charge in [0, 0.05) is 6.54 Å². The van der Waals surface area contributed by atoms with Crippen molar-refractivity contribution >= 4 is 47.7 Å². The van der Waals surface area contributed by atoms with Gasteiger partial charge in [-0.15, -0.1) is 0 Å². The molecule has 0 atom stereocenters. The summed E-state index contributed by atoms with van der Waals surface area (Å²) in [7, 11) is 1.60. The van der Waals surface area contributed by atoms with E-state index >= 15 is 0 Å². The third-order valence-corrected chi connectivity index (χ3v) is 4.09. The minimum absolute atomic E-state index is 0.362. The van der Waals surface area contributed by atoms with Crippen molar-refractivity contribution in [2.45, 2.75) is 6.54 Å². The SMILES string of the molecule is COc1ccc(CNC(=O)N(S)c2ccc(Cl)c(Cl)c2)cc1. The van der Waals surface area contributed by atoms with Gasteiger partial charge in [0.1, 0.15) is 5.75 Å². The van der Waals surface area contributed by atoms with Crippen LogP contribution in [0.2, 0.25) is 10.0 Å². The van der Waals surface area contributed by atoms with Crippen molar-refractivity contribution in [3.8, 4) is 5.75 Å². The van der Waals surface area contributed by atoms with Gasteiger partial charge in [0.25, 0.3) is 0 Å². The van der Waals surface area contributed by atoms with Crippen molar-refractivity contribution in [1.29, 1.82) is 0 Å². The second-order valence-electron chi connectivity index (χ2n) is 4.42. The molecule has 0 bridgehead atoms. The van der Waals surface area contributed by atoms with Gasteiger partial charge in [0.2, 0.25) is 0 Å². The average molecular weight is 357 g/mol. The number of hydrogen-bond acceptors (Lipinski definition) is 3. The fourth-order valence-corrected chi connectivity index (χ4v) is 2.22. The van der Waals surface area contributed by atoms with Crippen LogP contribution in [-0.2, 0) is 6.54 Å². The predicted molar refractivity (Wildman–Crippen MR) is 93.2 cm³/mol. The quantitative estimate of drug-likeness (QED) is 0.788. The van der Waals surface area contributed by atoms with Crippen LogP contribution in [-0.4, -0.2) is 13.1 Å². The number of halogens is 2. The van der Waals surface area contributed by atoms with E-state index in [9.17, 15) is 4.79 Å². The number of carbonyl (C=O) groups is 1. The highest BCUT2D eigenvalue weighted by atomic mass is 35.5. The average Bonchev–Trinajstić information content (AvgIpc) is 2.55. The summed E-state index contributed by atoms with van der Waals surface area (Å²) >= 11 is 15.9. The molecule has 4 nitrogen and oxygen atoms in total. The second-order valence-corrected chi connectivity index (χ2v) is 5.63. The third-order valence-electron chi connectivity index (χ3n) is 2.94. The number of benzene rings is 2. The van der Waals surface area contributed by atoms with Gasteiger partial charge < -0.3 is 10.1 Å². The van der Waals surface area contributed by atoms with Crippen LogP contribution in [0.25, 0.3) is 0 Å². The lowest BCUT2D eigenvalue weighted by atomic mass is 10.2. The number of nitrogens with one attached hydrogen (secondary N) is 1. The maximum atomic E-state index is 12.1. The molecule has 116 valence electrons. The van der Waals surface area contributed by atoms with E-state index in [0.717, 1.165) is 11.3 Å². The molecule has 1 N–H and O–H groups in total. The van der Waals surface area contributed by atoms with Crippen LogP contribution < -0.4 is 14.4 Å². The van der Waals surface area contributed by atoms with Gasteiger partial charge >= 0.3 is 6.03 Å². The van der Waals surface area contributed by atoms with Gasteiger partial charge in [-0.05, 0) is 35.9 Å². The lowest BCUT2D eigenvalue weighted by Gasteiger charge is -2.17. The summed E-state index contributed by atoms with van der Waals surface area (Å²) in [6, 6.07) is 11.9. The first kappa shape index (κ1) is 16.8. The topological polar surface area (TPSA) is 41.6 Å². The molecule has 0 aromatic heterocycles. The molecular formula is C15H14Cl2N2O2S. The molecule has 0 saturated carbocycles. The molecule has 0 spiro atoms. The van der Waals surface area contributed by atoms with Crippen LogP contribution in [0.5, 0.6) is 5.75 Å². The van der Waals surface area contributed by atoms with E-state index in [-0.39, 0.29) is 6.03 Å². The maximum Gasteiger partial charge on any atom is 0.332 e. The Morgan fingerprint density at radius 1 is 1.18 bits per heavy atom. The van der Waals surface area contributed by atoms with Gasteiger partial charge in [0.05, 0.1) is 22.8 Å². The van der Waals surface area contributed by atoms with E-state index in [2.05, 4.69) is 18.1 Å².